The van der Waals surface area contributed by atoms with Crippen molar-refractivity contribution in [1.29, 1.82) is 0 Å². The van der Waals surface area contributed by atoms with Gasteiger partial charge in [0.15, 0.2) is 0 Å². The molecule has 1 unspecified atom stereocenters. The zero-order valence-corrected chi connectivity index (χ0v) is 31.8. The Hall–Kier alpha value is -6.22. The van der Waals surface area contributed by atoms with E-state index >= 15 is 0 Å². The Balaban J connectivity index is 1.00. The van der Waals surface area contributed by atoms with Gasteiger partial charge in [0.25, 0.3) is 0 Å². The molecule has 0 bridgehead atoms. The van der Waals surface area contributed by atoms with Gasteiger partial charge in [-0.3, -0.25) is 0 Å². The van der Waals surface area contributed by atoms with Gasteiger partial charge in [-0.05, 0) is 108 Å². The Morgan fingerprint density at radius 3 is 2.07 bits per heavy atom. The first kappa shape index (κ1) is 32.2. The number of hydrogen-bond donors (Lipinski definition) is 0. The molecule has 0 saturated carbocycles. The maximum Gasteiger partial charge on any atom is 0.0753 e. The summed E-state index contributed by atoms with van der Waals surface area (Å²) in [5.74, 6) is 0. The van der Waals surface area contributed by atoms with Crippen LogP contribution in [0.5, 0.6) is 0 Å². The Labute approximate surface area is 326 Å². The van der Waals surface area contributed by atoms with Crippen molar-refractivity contribution in [3.63, 3.8) is 0 Å². The minimum absolute atomic E-state index is 0.0739. The Morgan fingerprint density at radius 2 is 1.20 bits per heavy atom. The minimum atomic E-state index is -0.0739. The van der Waals surface area contributed by atoms with Crippen LogP contribution in [0.25, 0.3) is 70.0 Å². The quantitative estimate of drug-likeness (QED) is 0.165. The summed E-state index contributed by atoms with van der Waals surface area (Å²) in [6.07, 6.45) is 2.47. The zero-order chi connectivity index (χ0) is 36.7. The Kier molecular flexibility index (Phi) is 7.27. The van der Waals surface area contributed by atoms with Crippen molar-refractivity contribution in [3.05, 3.63) is 210 Å². The Bertz CT molecular complexity index is 3000. The summed E-state index contributed by atoms with van der Waals surface area (Å²) < 4.78 is 2.70. The number of rotatable bonds is 6. The first-order valence-corrected chi connectivity index (χ1v) is 20.1. The number of benzene rings is 8. The molecule has 1 atom stereocenters. The van der Waals surface area contributed by atoms with Crippen LogP contribution in [0.1, 0.15) is 47.7 Å². The van der Waals surface area contributed by atoms with Crippen LogP contribution in [0.15, 0.2) is 182 Å². The predicted molar refractivity (Wildman–Crippen MR) is 234 cm³/mol. The van der Waals surface area contributed by atoms with E-state index < -0.39 is 0 Å². The fourth-order valence-electron chi connectivity index (χ4n) is 9.33. The molecule has 2 heterocycles. The molecule has 9 aromatic rings. The van der Waals surface area contributed by atoms with Crippen LogP contribution in [0.4, 0.5) is 0 Å². The maximum atomic E-state index is 2.59. The molecule has 1 nitrogen and oxygen atoms in total. The second-order valence-corrected chi connectivity index (χ2v) is 16.7. The molecule has 55 heavy (non-hydrogen) atoms. The molecule has 0 saturated heterocycles. The van der Waals surface area contributed by atoms with Crippen LogP contribution in [0.3, 0.4) is 0 Å². The molecule has 1 aliphatic heterocycles. The van der Waals surface area contributed by atoms with Gasteiger partial charge in [-0.1, -0.05) is 159 Å². The van der Waals surface area contributed by atoms with Crippen molar-refractivity contribution in [3.8, 4) is 33.4 Å². The third-order valence-corrected chi connectivity index (χ3v) is 13.4. The normalized spacial score (nSPS) is 15.6. The first-order chi connectivity index (χ1) is 27.0. The molecule has 11 rings (SSSR count). The van der Waals surface area contributed by atoms with Gasteiger partial charge in [0, 0.05) is 37.8 Å². The molecule has 0 fully saturated rings. The van der Waals surface area contributed by atoms with Crippen molar-refractivity contribution < 1.29 is 0 Å². The first-order valence-electron chi connectivity index (χ1n) is 19.3. The lowest BCUT2D eigenvalue weighted by atomic mass is 9.81. The average Bonchev–Trinajstić information content (AvgIpc) is 3.71. The standard InChI is InChI=1S/C53H39NS/c1-53(2)46-26-13-23-41(51(46)45-30-35-16-6-7-17-36(35)31-47(45)53)37-18-10-20-39(28-37)48-32-49(54(48)33-34-14-4-3-5-15-34)40-21-11-19-38(29-40)42-24-12-25-44-43-22-8-9-27-50(43)55-52(42)44/h3-32,49H,33H2,1-2H3. The highest BCUT2D eigenvalue weighted by Gasteiger charge is 2.37. The number of fused-ring (bicyclic) bond motifs is 7. The van der Waals surface area contributed by atoms with Gasteiger partial charge in [-0.2, -0.15) is 0 Å². The summed E-state index contributed by atoms with van der Waals surface area (Å²) in [6, 6.07) is 65.6. The summed E-state index contributed by atoms with van der Waals surface area (Å²) in [7, 11) is 0. The van der Waals surface area contributed by atoms with Gasteiger partial charge >= 0.3 is 0 Å². The van der Waals surface area contributed by atoms with Crippen molar-refractivity contribution in [2.75, 3.05) is 0 Å². The highest BCUT2D eigenvalue weighted by Crippen LogP contribution is 2.53. The van der Waals surface area contributed by atoms with Gasteiger partial charge in [-0.15, -0.1) is 11.3 Å². The van der Waals surface area contributed by atoms with Crippen LogP contribution in [0, 0.1) is 0 Å². The maximum absolute atomic E-state index is 2.59. The monoisotopic (exact) mass is 721 g/mol. The Morgan fingerprint density at radius 1 is 0.527 bits per heavy atom. The van der Waals surface area contributed by atoms with E-state index in [1.807, 2.05) is 11.3 Å². The summed E-state index contributed by atoms with van der Waals surface area (Å²) in [5, 5.41) is 5.27. The van der Waals surface area contributed by atoms with Crippen LogP contribution < -0.4 is 0 Å². The summed E-state index contributed by atoms with van der Waals surface area (Å²) in [6.45, 7) is 5.60. The topological polar surface area (TPSA) is 3.24 Å². The molecule has 262 valence electrons. The van der Waals surface area contributed by atoms with E-state index in [2.05, 4.69) is 201 Å². The molecular weight excluding hydrogens is 683 g/mol. The molecule has 2 heteroatoms. The molecule has 8 aromatic carbocycles. The number of thiophene rings is 1. The lowest BCUT2D eigenvalue weighted by Crippen LogP contribution is -2.33. The van der Waals surface area contributed by atoms with E-state index in [0.29, 0.717) is 0 Å². The molecule has 0 spiro atoms. The van der Waals surface area contributed by atoms with Crippen molar-refractivity contribution in [2.45, 2.75) is 31.8 Å². The molecular formula is C53H39NS. The van der Waals surface area contributed by atoms with Gasteiger partial charge in [0.05, 0.1) is 6.04 Å². The zero-order valence-electron chi connectivity index (χ0n) is 31.0. The molecule has 1 aromatic heterocycles. The summed E-state index contributed by atoms with van der Waals surface area (Å²) in [5.41, 5.74) is 15.8. The lowest BCUT2D eigenvalue weighted by molar-refractivity contribution is 0.298. The predicted octanol–water partition coefficient (Wildman–Crippen LogP) is 14.4. The third-order valence-electron chi connectivity index (χ3n) is 12.1. The van der Waals surface area contributed by atoms with Crippen LogP contribution in [-0.4, -0.2) is 4.90 Å². The van der Waals surface area contributed by atoms with Gasteiger partial charge in [-0.25, -0.2) is 0 Å². The SMILES string of the molecule is CC1(C)c2cc3ccccc3cc2-c2c(-c3cccc(C4=CC(c5cccc(-c6cccc7c6sc6ccccc67)c5)N4Cc4ccccc4)c3)cccc21. The highest BCUT2D eigenvalue weighted by molar-refractivity contribution is 7.26. The molecule has 0 N–H and O–H groups in total. The molecule has 1 aliphatic carbocycles. The fourth-order valence-corrected chi connectivity index (χ4v) is 10.6. The molecule has 0 radical (unpaired) electrons. The van der Waals surface area contributed by atoms with Gasteiger partial charge in [0.1, 0.15) is 0 Å². The summed E-state index contributed by atoms with van der Waals surface area (Å²) >= 11 is 1.90. The van der Waals surface area contributed by atoms with Crippen molar-refractivity contribution in [1.82, 2.24) is 4.90 Å². The summed E-state index contributed by atoms with van der Waals surface area (Å²) in [4.78, 5) is 2.59. The molecule has 0 amide bonds. The number of hydrogen-bond acceptors (Lipinski definition) is 2. The van der Waals surface area contributed by atoms with Crippen LogP contribution in [-0.2, 0) is 12.0 Å². The van der Waals surface area contributed by atoms with E-state index in [-0.39, 0.29) is 11.5 Å². The number of nitrogens with zero attached hydrogens (tertiary/aromatic N) is 1. The van der Waals surface area contributed by atoms with Crippen LogP contribution in [0.2, 0.25) is 0 Å². The molecule has 2 aliphatic rings. The van der Waals surface area contributed by atoms with Crippen molar-refractivity contribution >= 4 is 48.0 Å². The van der Waals surface area contributed by atoms with Crippen molar-refractivity contribution in [2.24, 2.45) is 0 Å². The van der Waals surface area contributed by atoms with E-state index in [1.165, 1.54) is 97.8 Å². The second-order valence-electron chi connectivity index (χ2n) is 15.7. The lowest BCUT2D eigenvalue weighted by Gasteiger charge is -2.43. The largest absolute Gasteiger partial charge is 0.356 e. The average molecular weight is 722 g/mol. The van der Waals surface area contributed by atoms with Gasteiger partial charge < -0.3 is 4.90 Å². The van der Waals surface area contributed by atoms with E-state index in [4.69, 9.17) is 0 Å². The van der Waals surface area contributed by atoms with E-state index in [1.54, 1.807) is 0 Å². The minimum Gasteiger partial charge on any atom is -0.356 e. The highest BCUT2D eigenvalue weighted by atomic mass is 32.1. The van der Waals surface area contributed by atoms with E-state index in [9.17, 15) is 0 Å². The second kappa shape index (κ2) is 12.4. The third kappa shape index (κ3) is 5.13. The van der Waals surface area contributed by atoms with Gasteiger partial charge in [0.2, 0.25) is 0 Å². The van der Waals surface area contributed by atoms with Crippen LogP contribution >= 0.6 is 11.3 Å². The van der Waals surface area contributed by atoms with E-state index in [0.717, 1.165) is 6.54 Å². The fraction of sp³-hybridized carbons (Fsp3) is 0.0943. The smallest absolute Gasteiger partial charge is 0.0753 e.